The number of fused-ring (bicyclic) bond motifs is 1. The summed E-state index contributed by atoms with van der Waals surface area (Å²) in [5, 5.41) is 12.6. The van der Waals surface area contributed by atoms with Crippen LogP contribution in [0, 0.1) is 5.92 Å². The normalized spacial score (nSPS) is 19.8. The van der Waals surface area contributed by atoms with Crippen molar-refractivity contribution >= 4 is 6.03 Å². The Morgan fingerprint density at radius 2 is 2.05 bits per heavy atom. The quantitative estimate of drug-likeness (QED) is 0.901. The molecular formula is C18H26N2O2. The summed E-state index contributed by atoms with van der Waals surface area (Å²) in [4.78, 5) is 14.1. The molecular weight excluding hydrogens is 276 g/mol. The van der Waals surface area contributed by atoms with E-state index in [1.165, 1.54) is 36.0 Å². The summed E-state index contributed by atoms with van der Waals surface area (Å²) in [6.45, 7) is 3.92. The summed E-state index contributed by atoms with van der Waals surface area (Å²) in [5.41, 5.74) is 4.10. The number of carbonyl (C=O) groups is 1. The maximum atomic E-state index is 12.2. The molecule has 1 fully saturated rings. The molecule has 0 radical (unpaired) electrons. The van der Waals surface area contributed by atoms with Gasteiger partial charge in [0.05, 0.1) is 6.10 Å². The molecule has 22 heavy (non-hydrogen) atoms. The van der Waals surface area contributed by atoms with Crippen LogP contribution < -0.4 is 5.32 Å². The van der Waals surface area contributed by atoms with Crippen LogP contribution in [0.1, 0.15) is 42.9 Å². The van der Waals surface area contributed by atoms with Gasteiger partial charge in [-0.15, -0.1) is 0 Å². The van der Waals surface area contributed by atoms with E-state index in [0.29, 0.717) is 12.5 Å². The van der Waals surface area contributed by atoms with Gasteiger partial charge in [0.1, 0.15) is 0 Å². The summed E-state index contributed by atoms with van der Waals surface area (Å²) in [6.07, 6.45) is 5.14. The first kappa shape index (κ1) is 15.3. The smallest absolute Gasteiger partial charge is 0.317 e. The van der Waals surface area contributed by atoms with Crippen LogP contribution in [-0.2, 0) is 19.4 Å². The lowest BCUT2D eigenvalue weighted by molar-refractivity contribution is 0.0798. The van der Waals surface area contributed by atoms with Gasteiger partial charge in [-0.2, -0.15) is 0 Å². The Labute approximate surface area is 132 Å². The molecule has 2 amide bonds. The third-order valence-electron chi connectivity index (χ3n) is 5.12. The number of likely N-dealkylation sites (tertiary alicyclic amines) is 1. The van der Waals surface area contributed by atoms with Crippen molar-refractivity contribution in [1.82, 2.24) is 10.2 Å². The van der Waals surface area contributed by atoms with Crippen molar-refractivity contribution < 1.29 is 9.90 Å². The number of aliphatic hydroxyl groups is 1. The number of benzene rings is 1. The highest BCUT2D eigenvalue weighted by atomic mass is 16.3. The van der Waals surface area contributed by atoms with Crippen LogP contribution in [-0.4, -0.2) is 35.2 Å². The molecule has 1 aromatic rings. The summed E-state index contributed by atoms with van der Waals surface area (Å²) < 4.78 is 0. The van der Waals surface area contributed by atoms with Crippen LogP contribution in [0.4, 0.5) is 4.79 Å². The number of carbonyl (C=O) groups excluding carboxylic acids is 1. The van der Waals surface area contributed by atoms with Gasteiger partial charge in [0.25, 0.3) is 0 Å². The van der Waals surface area contributed by atoms with Crippen molar-refractivity contribution in [2.24, 2.45) is 5.92 Å². The Kier molecular flexibility index (Phi) is 4.67. The van der Waals surface area contributed by atoms with Crippen LogP contribution >= 0.6 is 0 Å². The van der Waals surface area contributed by atoms with E-state index >= 15 is 0 Å². The number of amides is 2. The predicted molar refractivity (Wildman–Crippen MR) is 86.7 cm³/mol. The Bertz CT molecular complexity index is 534. The Hall–Kier alpha value is -1.55. The number of rotatable bonds is 3. The average Bonchev–Trinajstić information content (AvgIpc) is 3.00. The first-order valence-corrected chi connectivity index (χ1v) is 8.45. The summed E-state index contributed by atoms with van der Waals surface area (Å²) >= 11 is 0. The third-order valence-corrected chi connectivity index (χ3v) is 5.12. The largest absolute Gasteiger partial charge is 0.393 e. The molecule has 4 heteroatoms. The van der Waals surface area contributed by atoms with Gasteiger partial charge in [0, 0.05) is 19.6 Å². The number of urea groups is 1. The molecule has 1 atom stereocenters. The highest BCUT2D eigenvalue weighted by molar-refractivity contribution is 5.74. The monoisotopic (exact) mass is 302 g/mol. The number of nitrogens with one attached hydrogen (secondary N) is 1. The minimum absolute atomic E-state index is 0.0181. The molecule has 1 aliphatic heterocycles. The fraction of sp³-hybridized carbons (Fsp3) is 0.611. The first-order valence-electron chi connectivity index (χ1n) is 8.45. The van der Waals surface area contributed by atoms with Crippen molar-refractivity contribution in [3.8, 4) is 0 Å². The number of aliphatic hydroxyl groups excluding tert-OH is 1. The molecule has 2 aliphatic rings. The Morgan fingerprint density at radius 1 is 1.32 bits per heavy atom. The topological polar surface area (TPSA) is 52.6 Å². The van der Waals surface area contributed by atoms with Gasteiger partial charge < -0.3 is 15.3 Å². The van der Waals surface area contributed by atoms with Crippen LogP contribution in [0.2, 0.25) is 0 Å². The second kappa shape index (κ2) is 6.69. The van der Waals surface area contributed by atoms with Crippen molar-refractivity contribution in [2.75, 3.05) is 13.1 Å². The lowest BCUT2D eigenvalue weighted by atomic mass is 9.92. The van der Waals surface area contributed by atoms with Gasteiger partial charge in [-0.25, -0.2) is 4.79 Å². The molecule has 1 aromatic carbocycles. The number of nitrogens with zero attached hydrogens (tertiary/aromatic N) is 1. The van der Waals surface area contributed by atoms with E-state index in [-0.39, 0.29) is 12.1 Å². The molecule has 3 rings (SSSR count). The standard InChI is InChI=1S/C18H26N2O2/c1-13(21)15-7-9-20(10-8-15)18(22)19-12-14-5-6-16-3-2-4-17(16)11-14/h5-6,11,13,15,21H,2-4,7-10,12H2,1H3,(H,19,22). The fourth-order valence-corrected chi connectivity index (χ4v) is 3.61. The maximum Gasteiger partial charge on any atom is 0.317 e. The molecule has 1 aliphatic carbocycles. The van der Waals surface area contributed by atoms with Crippen molar-refractivity contribution in [3.05, 3.63) is 34.9 Å². The molecule has 1 heterocycles. The first-order chi connectivity index (χ1) is 10.6. The van der Waals surface area contributed by atoms with Gasteiger partial charge in [0.15, 0.2) is 0 Å². The molecule has 120 valence electrons. The van der Waals surface area contributed by atoms with E-state index in [4.69, 9.17) is 0 Å². The van der Waals surface area contributed by atoms with Gasteiger partial charge >= 0.3 is 6.03 Å². The second-order valence-electron chi connectivity index (χ2n) is 6.68. The van der Waals surface area contributed by atoms with E-state index in [2.05, 4.69) is 23.5 Å². The third kappa shape index (κ3) is 3.43. The molecule has 0 bridgehead atoms. The summed E-state index contributed by atoms with van der Waals surface area (Å²) in [5.74, 6) is 0.334. The van der Waals surface area contributed by atoms with E-state index < -0.39 is 0 Å². The molecule has 1 unspecified atom stereocenters. The van der Waals surface area contributed by atoms with E-state index in [1.807, 2.05) is 11.8 Å². The zero-order valence-corrected chi connectivity index (χ0v) is 13.3. The van der Waals surface area contributed by atoms with Crippen LogP contribution in [0.15, 0.2) is 18.2 Å². The Morgan fingerprint density at radius 3 is 2.77 bits per heavy atom. The van der Waals surface area contributed by atoms with Crippen molar-refractivity contribution in [2.45, 2.75) is 51.7 Å². The Balaban J connectivity index is 1.48. The van der Waals surface area contributed by atoms with Gasteiger partial charge in [0.2, 0.25) is 0 Å². The molecule has 0 aromatic heterocycles. The van der Waals surface area contributed by atoms with E-state index in [1.54, 1.807) is 0 Å². The molecule has 0 spiro atoms. The van der Waals surface area contributed by atoms with Crippen molar-refractivity contribution in [1.29, 1.82) is 0 Å². The minimum Gasteiger partial charge on any atom is -0.393 e. The van der Waals surface area contributed by atoms with Crippen molar-refractivity contribution in [3.63, 3.8) is 0 Å². The highest BCUT2D eigenvalue weighted by Crippen LogP contribution is 2.23. The van der Waals surface area contributed by atoms with Crippen LogP contribution in [0.3, 0.4) is 0 Å². The predicted octanol–water partition coefficient (Wildman–Crippen LogP) is 2.48. The maximum absolute atomic E-state index is 12.2. The van der Waals surface area contributed by atoms with E-state index in [9.17, 15) is 9.90 Å². The zero-order chi connectivity index (χ0) is 15.5. The minimum atomic E-state index is -0.267. The summed E-state index contributed by atoms with van der Waals surface area (Å²) in [7, 11) is 0. The average molecular weight is 302 g/mol. The van der Waals surface area contributed by atoms with Gasteiger partial charge in [-0.05, 0) is 61.6 Å². The van der Waals surface area contributed by atoms with E-state index in [0.717, 1.165) is 25.9 Å². The van der Waals surface area contributed by atoms with Gasteiger partial charge in [-0.1, -0.05) is 18.2 Å². The lowest BCUT2D eigenvalue weighted by Crippen LogP contribution is -2.45. The fourth-order valence-electron chi connectivity index (χ4n) is 3.61. The van der Waals surface area contributed by atoms with Crippen LogP contribution in [0.5, 0.6) is 0 Å². The highest BCUT2D eigenvalue weighted by Gasteiger charge is 2.25. The SMILES string of the molecule is CC(O)C1CCN(C(=O)NCc2ccc3c(c2)CCC3)CC1. The van der Waals surface area contributed by atoms with Gasteiger partial charge in [-0.3, -0.25) is 0 Å². The number of hydrogen-bond donors (Lipinski definition) is 2. The number of hydrogen-bond acceptors (Lipinski definition) is 2. The lowest BCUT2D eigenvalue weighted by Gasteiger charge is -2.33. The molecule has 4 nitrogen and oxygen atoms in total. The molecule has 0 saturated carbocycles. The summed E-state index contributed by atoms with van der Waals surface area (Å²) in [6, 6.07) is 6.59. The molecule has 1 saturated heterocycles. The number of aryl methyl sites for hydroxylation is 2. The molecule has 2 N–H and O–H groups in total. The number of piperidine rings is 1. The zero-order valence-electron chi connectivity index (χ0n) is 13.3. The van der Waals surface area contributed by atoms with Crippen LogP contribution in [0.25, 0.3) is 0 Å². The second-order valence-corrected chi connectivity index (χ2v) is 6.68.